The van der Waals surface area contributed by atoms with Crippen molar-refractivity contribution in [2.45, 2.75) is 13.0 Å². The fourth-order valence-electron chi connectivity index (χ4n) is 2.03. The van der Waals surface area contributed by atoms with Crippen molar-refractivity contribution in [1.29, 1.82) is 0 Å². The third kappa shape index (κ3) is 4.88. The van der Waals surface area contributed by atoms with Crippen LogP contribution in [0.5, 0.6) is 0 Å². The van der Waals surface area contributed by atoms with Gasteiger partial charge in [0.15, 0.2) is 6.61 Å². The molecule has 0 spiro atoms. The summed E-state index contributed by atoms with van der Waals surface area (Å²) >= 11 is 11.6. The van der Waals surface area contributed by atoms with Crippen LogP contribution in [0.4, 0.5) is 5.69 Å². The Morgan fingerprint density at radius 2 is 1.75 bits per heavy atom. The second kappa shape index (κ2) is 8.04. The summed E-state index contributed by atoms with van der Waals surface area (Å²) in [6, 6.07) is 11.3. The standard InChI is InChI=1S/C17H16Cl2N2O3/c1-10(11-2-4-12(18)5-3-11)21-16(22)9-24-17(23)14-8-13(19)6-7-15(14)20/h2-8,10H,9,20H2,1H3,(H,21,22)/t10-/m1/s1. The van der Waals surface area contributed by atoms with Gasteiger partial charge in [-0.05, 0) is 42.8 Å². The van der Waals surface area contributed by atoms with Crippen molar-refractivity contribution in [3.05, 3.63) is 63.6 Å². The van der Waals surface area contributed by atoms with Gasteiger partial charge in [-0.15, -0.1) is 0 Å². The highest BCUT2D eigenvalue weighted by Crippen LogP contribution is 2.19. The number of anilines is 1. The Morgan fingerprint density at radius 3 is 2.42 bits per heavy atom. The van der Waals surface area contributed by atoms with E-state index in [0.29, 0.717) is 10.0 Å². The molecule has 1 atom stereocenters. The van der Waals surface area contributed by atoms with E-state index in [1.54, 1.807) is 18.2 Å². The Bertz CT molecular complexity index is 748. The van der Waals surface area contributed by atoms with Gasteiger partial charge in [0.25, 0.3) is 5.91 Å². The van der Waals surface area contributed by atoms with Crippen molar-refractivity contribution < 1.29 is 14.3 Å². The lowest BCUT2D eigenvalue weighted by Crippen LogP contribution is -2.31. The number of rotatable bonds is 5. The normalized spacial score (nSPS) is 11.6. The van der Waals surface area contributed by atoms with E-state index in [4.69, 9.17) is 33.7 Å². The molecule has 0 aliphatic heterocycles. The van der Waals surface area contributed by atoms with Crippen molar-refractivity contribution in [1.82, 2.24) is 5.32 Å². The smallest absolute Gasteiger partial charge is 0.340 e. The number of nitrogens with one attached hydrogen (secondary N) is 1. The number of halogens is 2. The van der Waals surface area contributed by atoms with Gasteiger partial charge in [-0.25, -0.2) is 4.79 Å². The van der Waals surface area contributed by atoms with Crippen molar-refractivity contribution in [2.75, 3.05) is 12.3 Å². The molecule has 0 aliphatic rings. The topological polar surface area (TPSA) is 81.4 Å². The van der Waals surface area contributed by atoms with Gasteiger partial charge in [0.05, 0.1) is 11.6 Å². The number of carbonyl (C=O) groups is 2. The van der Waals surface area contributed by atoms with Crippen LogP contribution in [-0.2, 0) is 9.53 Å². The van der Waals surface area contributed by atoms with Gasteiger partial charge in [-0.2, -0.15) is 0 Å². The summed E-state index contributed by atoms with van der Waals surface area (Å²) in [5.41, 5.74) is 6.94. The fourth-order valence-corrected chi connectivity index (χ4v) is 2.33. The Balaban J connectivity index is 1.89. The van der Waals surface area contributed by atoms with Crippen LogP contribution in [0.25, 0.3) is 0 Å². The number of nitrogen functional groups attached to an aromatic ring is 1. The number of hydrogen-bond acceptors (Lipinski definition) is 4. The lowest BCUT2D eigenvalue weighted by molar-refractivity contribution is -0.124. The molecule has 0 fully saturated rings. The average molecular weight is 367 g/mol. The van der Waals surface area contributed by atoms with Crippen LogP contribution in [0.1, 0.15) is 28.9 Å². The quantitative estimate of drug-likeness (QED) is 0.625. The van der Waals surface area contributed by atoms with Crippen LogP contribution >= 0.6 is 23.2 Å². The predicted molar refractivity (Wildman–Crippen MR) is 94.2 cm³/mol. The summed E-state index contributed by atoms with van der Waals surface area (Å²) in [5, 5.41) is 3.71. The van der Waals surface area contributed by atoms with Gasteiger partial charge >= 0.3 is 5.97 Å². The fraction of sp³-hybridized carbons (Fsp3) is 0.176. The van der Waals surface area contributed by atoms with Crippen LogP contribution in [0.3, 0.4) is 0 Å². The van der Waals surface area contributed by atoms with Gasteiger partial charge in [0.1, 0.15) is 0 Å². The average Bonchev–Trinajstić information content (AvgIpc) is 2.55. The van der Waals surface area contributed by atoms with E-state index in [0.717, 1.165) is 5.56 Å². The van der Waals surface area contributed by atoms with Crippen LogP contribution in [0.15, 0.2) is 42.5 Å². The van der Waals surface area contributed by atoms with E-state index in [9.17, 15) is 9.59 Å². The number of carbonyl (C=O) groups excluding carboxylic acids is 2. The Hall–Kier alpha value is -2.24. The molecule has 126 valence electrons. The van der Waals surface area contributed by atoms with Crippen molar-refractivity contribution in [2.24, 2.45) is 0 Å². The maximum Gasteiger partial charge on any atom is 0.340 e. The number of hydrogen-bond donors (Lipinski definition) is 2. The first-order valence-electron chi connectivity index (χ1n) is 7.14. The number of amides is 1. The summed E-state index contributed by atoms with van der Waals surface area (Å²) in [6.45, 7) is 1.40. The minimum atomic E-state index is -0.704. The molecule has 0 heterocycles. The maximum atomic E-state index is 12.0. The van der Waals surface area contributed by atoms with E-state index in [1.807, 2.05) is 19.1 Å². The summed E-state index contributed by atoms with van der Waals surface area (Å²) in [6.07, 6.45) is 0. The Labute approximate surface area is 149 Å². The second-order valence-electron chi connectivity index (χ2n) is 5.15. The number of nitrogens with two attached hydrogens (primary N) is 1. The minimum Gasteiger partial charge on any atom is -0.452 e. The molecule has 0 unspecified atom stereocenters. The monoisotopic (exact) mass is 366 g/mol. The molecular formula is C17H16Cl2N2O3. The van der Waals surface area contributed by atoms with Crippen LogP contribution < -0.4 is 11.1 Å². The van der Waals surface area contributed by atoms with Crippen LogP contribution in [0.2, 0.25) is 10.0 Å². The first kappa shape index (κ1) is 18.1. The highest BCUT2D eigenvalue weighted by Gasteiger charge is 2.15. The molecule has 0 saturated heterocycles. The molecule has 0 radical (unpaired) electrons. The minimum absolute atomic E-state index is 0.126. The molecule has 0 bridgehead atoms. The molecule has 7 heteroatoms. The Kier molecular flexibility index (Phi) is 6.06. The van der Waals surface area contributed by atoms with Crippen molar-refractivity contribution >= 4 is 40.8 Å². The lowest BCUT2D eigenvalue weighted by atomic mass is 10.1. The first-order chi connectivity index (χ1) is 11.4. The number of benzene rings is 2. The summed E-state index contributed by atoms with van der Waals surface area (Å²) in [5.74, 6) is -1.13. The highest BCUT2D eigenvalue weighted by molar-refractivity contribution is 6.31. The molecular weight excluding hydrogens is 351 g/mol. The van der Waals surface area contributed by atoms with E-state index in [-0.39, 0.29) is 17.3 Å². The molecule has 2 aromatic rings. The lowest BCUT2D eigenvalue weighted by Gasteiger charge is -2.14. The van der Waals surface area contributed by atoms with Crippen LogP contribution in [0, 0.1) is 0 Å². The number of esters is 1. The Morgan fingerprint density at radius 1 is 1.12 bits per heavy atom. The van der Waals surface area contributed by atoms with Gasteiger partial charge in [0.2, 0.25) is 0 Å². The van der Waals surface area contributed by atoms with E-state index in [1.165, 1.54) is 12.1 Å². The van der Waals surface area contributed by atoms with Gasteiger partial charge < -0.3 is 15.8 Å². The van der Waals surface area contributed by atoms with Crippen molar-refractivity contribution in [3.8, 4) is 0 Å². The van der Waals surface area contributed by atoms with Gasteiger partial charge in [-0.1, -0.05) is 35.3 Å². The zero-order chi connectivity index (χ0) is 17.7. The van der Waals surface area contributed by atoms with E-state index >= 15 is 0 Å². The first-order valence-corrected chi connectivity index (χ1v) is 7.89. The molecule has 2 rings (SSSR count). The predicted octanol–water partition coefficient (Wildman–Crippen LogP) is 3.61. The molecule has 0 aromatic heterocycles. The zero-order valence-corrected chi connectivity index (χ0v) is 14.4. The molecule has 0 aliphatic carbocycles. The van der Waals surface area contributed by atoms with Crippen LogP contribution in [-0.4, -0.2) is 18.5 Å². The van der Waals surface area contributed by atoms with E-state index < -0.39 is 18.5 Å². The molecule has 2 aromatic carbocycles. The van der Waals surface area contributed by atoms with E-state index in [2.05, 4.69) is 5.32 Å². The zero-order valence-electron chi connectivity index (χ0n) is 12.9. The van der Waals surface area contributed by atoms with Gasteiger partial charge in [-0.3, -0.25) is 4.79 Å². The second-order valence-corrected chi connectivity index (χ2v) is 6.02. The molecule has 1 amide bonds. The highest BCUT2D eigenvalue weighted by atomic mass is 35.5. The molecule has 24 heavy (non-hydrogen) atoms. The maximum absolute atomic E-state index is 12.0. The molecule has 0 saturated carbocycles. The summed E-state index contributed by atoms with van der Waals surface area (Å²) < 4.78 is 4.97. The molecule has 3 N–H and O–H groups in total. The third-order valence-electron chi connectivity index (χ3n) is 3.32. The summed E-state index contributed by atoms with van der Waals surface area (Å²) in [7, 11) is 0. The van der Waals surface area contributed by atoms with Crippen molar-refractivity contribution in [3.63, 3.8) is 0 Å². The summed E-state index contributed by atoms with van der Waals surface area (Å²) in [4.78, 5) is 23.9. The van der Waals surface area contributed by atoms with Gasteiger partial charge in [0, 0.05) is 15.7 Å². The molecule has 5 nitrogen and oxygen atoms in total. The SMILES string of the molecule is C[C@@H](NC(=O)COC(=O)c1cc(Cl)ccc1N)c1ccc(Cl)cc1. The number of ether oxygens (including phenoxy) is 1. The largest absolute Gasteiger partial charge is 0.452 e. The third-order valence-corrected chi connectivity index (χ3v) is 3.80.